The van der Waals surface area contributed by atoms with Crippen molar-refractivity contribution in [1.82, 2.24) is 14.9 Å². The summed E-state index contributed by atoms with van der Waals surface area (Å²) in [4.78, 5) is 21.8. The van der Waals surface area contributed by atoms with Gasteiger partial charge in [0.05, 0.1) is 18.9 Å². The standard InChI is InChI=1S/C13H18IN3O3/c1-19-7-9-11(14)13(18)16-12(15-9)10-5-17-4-2-3-8(17)6-20-10/h8,10H,2-7H2,1H3,(H,15,16,18). The van der Waals surface area contributed by atoms with Crippen molar-refractivity contribution in [3.8, 4) is 0 Å². The molecular weight excluding hydrogens is 373 g/mol. The van der Waals surface area contributed by atoms with Gasteiger partial charge in [0.1, 0.15) is 15.5 Å². The molecule has 0 saturated carbocycles. The van der Waals surface area contributed by atoms with Gasteiger partial charge in [-0.1, -0.05) is 0 Å². The fourth-order valence-electron chi connectivity index (χ4n) is 2.89. The summed E-state index contributed by atoms with van der Waals surface area (Å²) in [6.45, 7) is 2.99. The average Bonchev–Trinajstić information content (AvgIpc) is 2.91. The first-order chi connectivity index (χ1) is 9.69. The number of hydrogen-bond donors (Lipinski definition) is 1. The molecular formula is C13H18IN3O3. The fraction of sp³-hybridized carbons (Fsp3) is 0.692. The molecule has 3 rings (SSSR count). The highest BCUT2D eigenvalue weighted by Crippen LogP contribution is 2.28. The average molecular weight is 391 g/mol. The number of morpholine rings is 1. The number of H-pyrrole nitrogens is 1. The van der Waals surface area contributed by atoms with Crippen molar-refractivity contribution >= 4 is 22.6 Å². The molecule has 2 fully saturated rings. The molecule has 2 unspecified atom stereocenters. The predicted molar refractivity (Wildman–Crippen MR) is 81.6 cm³/mol. The van der Waals surface area contributed by atoms with E-state index in [0.717, 1.165) is 19.7 Å². The van der Waals surface area contributed by atoms with Crippen molar-refractivity contribution in [1.29, 1.82) is 0 Å². The summed E-state index contributed by atoms with van der Waals surface area (Å²) >= 11 is 2.00. The van der Waals surface area contributed by atoms with Gasteiger partial charge >= 0.3 is 0 Å². The lowest BCUT2D eigenvalue weighted by atomic mass is 10.2. The van der Waals surface area contributed by atoms with Crippen LogP contribution in [0.4, 0.5) is 0 Å². The number of nitrogens with zero attached hydrogens (tertiary/aromatic N) is 2. The molecule has 3 heterocycles. The Bertz CT molecular complexity index is 548. The first-order valence-corrected chi connectivity index (χ1v) is 7.90. The molecule has 110 valence electrons. The Morgan fingerprint density at radius 1 is 1.60 bits per heavy atom. The first-order valence-electron chi connectivity index (χ1n) is 6.82. The Hall–Kier alpha value is -0.510. The van der Waals surface area contributed by atoms with Gasteiger partial charge in [0.25, 0.3) is 5.56 Å². The van der Waals surface area contributed by atoms with Crippen LogP contribution in [-0.4, -0.2) is 47.7 Å². The summed E-state index contributed by atoms with van der Waals surface area (Å²) in [5.74, 6) is 0.618. The van der Waals surface area contributed by atoms with Gasteiger partial charge in [-0.15, -0.1) is 0 Å². The van der Waals surface area contributed by atoms with Crippen molar-refractivity contribution in [2.75, 3.05) is 26.8 Å². The Balaban J connectivity index is 1.84. The van der Waals surface area contributed by atoms with Crippen LogP contribution < -0.4 is 5.56 Å². The summed E-state index contributed by atoms with van der Waals surface area (Å²) in [7, 11) is 1.60. The molecule has 1 aromatic rings. The predicted octanol–water partition coefficient (Wildman–Crippen LogP) is 1.06. The lowest BCUT2D eigenvalue weighted by Gasteiger charge is -2.34. The van der Waals surface area contributed by atoms with Crippen molar-refractivity contribution in [2.45, 2.75) is 31.6 Å². The number of fused-ring (bicyclic) bond motifs is 1. The molecule has 0 aliphatic carbocycles. The van der Waals surface area contributed by atoms with Crippen LogP contribution >= 0.6 is 22.6 Å². The number of halogens is 1. The quantitative estimate of drug-likeness (QED) is 0.781. The van der Waals surface area contributed by atoms with E-state index in [1.807, 2.05) is 22.6 Å². The zero-order chi connectivity index (χ0) is 14.1. The van der Waals surface area contributed by atoms with Crippen molar-refractivity contribution in [3.05, 3.63) is 25.4 Å². The second-order valence-corrected chi connectivity index (χ2v) is 6.34. The Kier molecular flexibility index (Phi) is 4.39. The highest BCUT2D eigenvalue weighted by atomic mass is 127. The second-order valence-electron chi connectivity index (χ2n) is 5.26. The van der Waals surface area contributed by atoms with Crippen LogP contribution in [0.15, 0.2) is 4.79 Å². The van der Waals surface area contributed by atoms with E-state index in [2.05, 4.69) is 14.9 Å². The van der Waals surface area contributed by atoms with Crippen LogP contribution in [0.5, 0.6) is 0 Å². The second kappa shape index (κ2) is 6.08. The molecule has 1 N–H and O–H groups in total. The Morgan fingerprint density at radius 3 is 3.25 bits per heavy atom. The maximum atomic E-state index is 12.0. The molecule has 7 heteroatoms. The topological polar surface area (TPSA) is 67.5 Å². The minimum Gasteiger partial charge on any atom is -0.378 e. The zero-order valence-electron chi connectivity index (χ0n) is 11.4. The number of nitrogens with one attached hydrogen (secondary N) is 1. The molecule has 2 aliphatic rings. The molecule has 2 atom stereocenters. The summed E-state index contributed by atoms with van der Waals surface area (Å²) in [6.07, 6.45) is 2.29. The summed E-state index contributed by atoms with van der Waals surface area (Å²) in [5.41, 5.74) is 0.564. The highest BCUT2D eigenvalue weighted by molar-refractivity contribution is 14.1. The molecule has 2 aliphatic heterocycles. The maximum absolute atomic E-state index is 12.0. The van der Waals surface area contributed by atoms with Gasteiger partial charge in [0.2, 0.25) is 0 Å². The van der Waals surface area contributed by atoms with Crippen molar-refractivity contribution in [2.24, 2.45) is 0 Å². The monoisotopic (exact) mass is 391 g/mol. The van der Waals surface area contributed by atoms with Gasteiger partial charge in [0, 0.05) is 19.7 Å². The largest absolute Gasteiger partial charge is 0.378 e. The third kappa shape index (κ3) is 2.76. The van der Waals surface area contributed by atoms with Crippen LogP contribution in [0, 0.1) is 3.57 Å². The van der Waals surface area contributed by atoms with Crippen molar-refractivity contribution < 1.29 is 9.47 Å². The fourth-order valence-corrected chi connectivity index (χ4v) is 3.30. The van der Waals surface area contributed by atoms with Gasteiger partial charge in [-0.25, -0.2) is 4.98 Å². The molecule has 0 bridgehead atoms. The van der Waals surface area contributed by atoms with E-state index in [1.165, 1.54) is 12.8 Å². The first kappa shape index (κ1) is 14.4. The number of ether oxygens (including phenoxy) is 2. The van der Waals surface area contributed by atoms with E-state index in [-0.39, 0.29) is 11.7 Å². The molecule has 2 saturated heterocycles. The van der Waals surface area contributed by atoms with Gasteiger partial charge in [-0.2, -0.15) is 0 Å². The molecule has 6 nitrogen and oxygen atoms in total. The normalized spacial score (nSPS) is 26.7. The summed E-state index contributed by atoms with van der Waals surface area (Å²) in [5, 5.41) is 0. The van der Waals surface area contributed by atoms with Gasteiger partial charge in [-0.3, -0.25) is 9.69 Å². The van der Waals surface area contributed by atoms with Crippen LogP contribution in [-0.2, 0) is 16.1 Å². The van der Waals surface area contributed by atoms with E-state index >= 15 is 0 Å². The summed E-state index contributed by atoms with van der Waals surface area (Å²) in [6, 6.07) is 0.542. The maximum Gasteiger partial charge on any atom is 0.264 e. The number of rotatable bonds is 3. The third-order valence-corrected chi connectivity index (χ3v) is 5.04. The minimum absolute atomic E-state index is 0.116. The molecule has 0 amide bonds. The third-order valence-electron chi connectivity index (χ3n) is 3.92. The zero-order valence-corrected chi connectivity index (χ0v) is 13.6. The number of aromatic amines is 1. The molecule has 0 spiro atoms. The van der Waals surface area contributed by atoms with E-state index in [1.54, 1.807) is 7.11 Å². The van der Waals surface area contributed by atoms with Gasteiger partial charge in [0.15, 0.2) is 0 Å². The van der Waals surface area contributed by atoms with Crippen LogP contribution in [0.2, 0.25) is 0 Å². The lowest BCUT2D eigenvalue weighted by molar-refractivity contribution is -0.0544. The van der Waals surface area contributed by atoms with Crippen molar-refractivity contribution in [3.63, 3.8) is 0 Å². The number of aromatic nitrogens is 2. The van der Waals surface area contributed by atoms with Gasteiger partial charge < -0.3 is 14.5 Å². The van der Waals surface area contributed by atoms with E-state index in [9.17, 15) is 4.79 Å². The van der Waals surface area contributed by atoms with Crippen LogP contribution in [0.3, 0.4) is 0 Å². The number of hydrogen-bond acceptors (Lipinski definition) is 5. The number of methoxy groups -OCH3 is 1. The molecule has 0 radical (unpaired) electrons. The molecule has 0 aromatic carbocycles. The summed E-state index contributed by atoms with van der Waals surface area (Å²) < 4.78 is 11.6. The lowest BCUT2D eigenvalue weighted by Crippen LogP contribution is -2.43. The minimum atomic E-state index is -0.148. The Morgan fingerprint density at radius 2 is 2.45 bits per heavy atom. The van der Waals surface area contributed by atoms with Crippen LogP contribution in [0.25, 0.3) is 0 Å². The Labute approximate surface area is 131 Å². The van der Waals surface area contributed by atoms with E-state index in [0.29, 0.717) is 27.7 Å². The van der Waals surface area contributed by atoms with E-state index in [4.69, 9.17) is 9.47 Å². The molecule has 1 aromatic heterocycles. The smallest absolute Gasteiger partial charge is 0.264 e. The highest BCUT2D eigenvalue weighted by Gasteiger charge is 2.34. The van der Waals surface area contributed by atoms with E-state index < -0.39 is 0 Å². The SMILES string of the molecule is COCc1nc(C2CN3CCCC3CO2)[nH]c(=O)c1I. The van der Waals surface area contributed by atoms with Crippen LogP contribution in [0.1, 0.15) is 30.5 Å². The van der Waals surface area contributed by atoms with Gasteiger partial charge in [-0.05, 0) is 42.0 Å². The molecule has 20 heavy (non-hydrogen) atoms.